The normalized spacial score (nSPS) is 10.5. The fraction of sp³-hybridized carbons (Fsp3) is 0.182. The van der Waals surface area contributed by atoms with Crippen molar-refractivity contribution in [3.05, 3.63) is 45.9 Å². The molecule has 0 nitrogen and oxygen atoms in total. The summed E-state index contributed by atoms with van der Waals surface area (Å²) >= 11 is 4.12. The van der Waals surface area contributed by atoms with Crippen LogP contribution in [0.5, 0.6) is 0 Å². The Morgan fingerprint density at radius 2 is 2.15 bits per heavy atom. The lowest BCUT2D eigenvalue weighted by atomic mass is 10.0. The topological polar surface area (TPSA) is 0 Å². The molecule has 0 saturated carbocycles. The molecule has 0 fully saturated rings. The molecule has 0 aliphatic rings. The summed E-state index contributed by atoms with van der Waals surface area (Å²) in [5.41, 5.74) is 1.27. The molecule has 13 heavy (non-hydrogen) atoms. The molecule has 0 aliphatic heterocycles. The quantitative estimate of drug-likeness (QED) is 0.597. The van der Waals surface area contributed by atoms with Crippen molar-refractivity contribution in [1.29, 1.82) is 0 Å². The first-order chi connectivity index (χ1) is 6.17. The number of benzene rings is 1. The second-order valence-electron chi connectivity index (χ2n) is 2.77. The van der Waals surface area contributed by atoms with Crippen LogP contribution in [0.3, 0.4) is 0 Å². The Labute approximate surface area is 98.0 Å². The van der Waals surface area contributed by atoms with Crippen molar-refractivity contribution >= 4 is 34.4 Å². The van der Waals surface area contributed by atoms with E-state index in [9.17, 15) is 0 Å². The van der Waals surface area contributed by atoms with Gasteiger partial charge in [-0.1, -0.05) is 13.0 Å². The van der Waals surface area contributed by atoms with Gasteiger partial charge in [-0.05, 0) is 52.6 Å². The maximum Gasteiger partial charge on any atom is 0.0231 e. The number of hydrogen-bond acceptors (Lipinski definition) is 1. The van der Waals surface area contributed by atoms with Gasteiger partial charge in [-0.15, -0.1) is 18.3 Å². The Bertz CT molecular complexity index is 307. The standard InChI is InChI=1S/C11H12IS/c1-4-8(2)9-5-10(12)7-11(6-9)13-3/h4-7H,1H2,2-3H3. The van der Waals surface area contributed by atoms with E-state index in [2.05, 4.69) is 60.5 Å². The molecule has 0 N–H and O–H groups in total. The summed E-state index contributed by atoms with van der Waals surface area (Å²) in [7, 11) is 0. The van der Waals surface area contributed by atoms with Crippen LogP contribution in [0.15, 0.2) is 35.7 Å². The molecular weight excluding hydrogens is 291 g/mol. The summed E-state index contributed by atoms with van der Waals surface area (Å²) in [5.74, 6) is 1.23. The van der Waals surface area contributed by atoms with Gasteiger partial charge in [0.25, 0.3) is 0 Å². The number of hydrogen-bond donors (Lipinski definition) is 0. The van der Waals surface area contributed by atoms with Gasteiger partial charge in [0.15, 0.2) is 0 Å². The van der Waals surface area contributed by atoms with Crippen molar-refractivity contribution < 1.29 is 0 Å². The molecule has 69 valence electrons. The SMILES string of the molecule is C=C[C](C)c1cc(I)cc(SC)c1. The molecule has 0 unspecified atom stereocenters. The highest BCUT2D eigenvalue weighted by molar-refractivity contribution is 14.1. The second kappa shape index (κ2) is 5.05. The fourth-order valence-corrected chi connectivity index (χ4v) is 2.40. The van der Waals surface area contributed by atoms with Crippen LogP contribution in [-0.2, 0) is 0 Å². The van der Waals surface area contributed by atoms with Crippen LogP contribution in [0.1, 0.15) is 12.5 Å². The lowest BCUT2D eigenvalue weighted by molar-refractivity contribution is 1.22. The maximum absolute atomic E-state index is 3.78. The van der Waals surface area contributed by atoms with Gasteiger partial charge in [-0.2, -0.15) is 0 Å². The monoisotopic (exact) mass is 303 g/mol. The van der Waals surface area contributed by atoms with Crippen LogP contribution in [0.25, 0.3) is 0 Å². The Morgan fingerprint density at radius 3 is 2.69 bits per heavy atom. The maximum atomic E-state index is 3.78. The molecule has 0 spiro atoms. The smallest absolute Gasteiger partial charge is 0.0231 e. The van der Waals surface area contributed by atoms with E-state index in [-0.39, 0.29) is 0 Å². The Balaban J connectivity index is 3.07. The summed E-state index contributed by atoms with van der Waals surface area (Å²) in [6.45, 7) is 5.86. The molecule has 0 heterocycles. The van der Waals surface area contributed by atoms with Gasteiger partial charge >= 0.3 is 0 Å². The zero-order valence-corrected chi connectivity index (χ0v) is 10.8. The number of rotatable bonds is 3. The first-order valence-corrected chi connectivity index (χ1v) is 6.28. The lowest BCUT2D eigenvalue weighted by Gasteiger charge is -2.08. The van der Waals surface area contributed by atoms with E-state index >= 15 is 0 Å². The molecule has 2 heteroatoms. The van der Waals surface area contributed by atoms with Crippen molar-refractivity contribution in [2.75, 3.05) is 6.26 Å². The van der Waals surface area contributed by atoms with E-state index in [4.69, 9.17) is 0 Å². The third-order valence-electron chi connectivity index (χ3n) is 1.87. The van der Waals surface area contributed by atoms with E-state index < -0.39 is 0 Å². The third kappa shape index (κ3) is 3.02. The highest BCUT2D eigenvalue weighted by atomic mass is 127. The Kier molecular flexibility index (Phi) is 4.32. The van der Waals surface area contributed by atoms with Crippen molar-refractivity contribution in [3.63, 3.8) is 0 Å². The minimum absolute atomic E-state index is 1.23. The first kappa shape index (κ1) is 11.1. The van der Waals surface area contributed by atoms with Crippen LogP contribution in [-0.4, -0.2) is 6.26 Å². The minimum Gasteiger partial charge on any atom is -0.130 e. The molecule has 1 aromatic carbocycles. The van der Waals surface area contributed by atoms with Gasteiger partial charge in [0, 0.05) is 14.4 Å². The summed E-state index contributed by atoms with van der Waals surface area (Å²) in [6, 6.07) is 6.56. The molecular formula is C11H12IS. The van der Waals surface area contributed by atoms with Crippen LogP contribution in [0, 0.1) is 9.49 Å². The molecule has 0 saturated heterocycles. The summed E-state index contributed by atoms with van der Waals surface area (Å²) in [6.07, 6.45) is 3.99. The zero-order chi connectivity index (χ0) is 9.84. The van der Waals surface area contributed by atoms with Gasteiger partial charge in [-0.3, -0.25) is 0 Å². The van der Waals surface area contributed by atoms with Crippen LogP contribution >= 0.6 is 34.4 Å². The summed E-state index contributed by atoms with van der Waals surface area (Å²) < 4.78 is 1.28. The number of thioether (sulfide) groups is 1. The van der Waals surface area contributed by atoms with Gasteiger partial charge in [0.05, 0.1) is 0 Å². The average molecular weight is 303 g/mol. The largest absolute Gasteiger partial charge is 0.130 e. The molecule has 0 aliphatic carbocycles. The van der Waals surface area contributed by atoms with E-state index in [1.54, 1.807) is 11.8 Å². The molecule has 0 amide bonds. The van der Waals surface area contributed by atoms with Crippen molar-refractivity contribution in [3.8, 4) is 0 Å². The number of halogens is 1. The van der Waals surface area contributed by atoms with E-state index in [1.165, 1.54) is 19.9 Å². The molecule has 0 atom stereocenters. The van der Waals surface area contributed by atoms with Gasteiger partial charge in [0.2, 0.25) is 0 Å². The second-order valence-corrected chi connectivity index (χ2v) is 4.89. The Hall–Kier alpha value is 0.0400. The van der Waals surface area contributed by atoms with Crippen molar-refractivity contribution in [2.24, 2.45) is 0 Å². The number of allylic oxidation sites excluding steroid dienone is 1. The highest BCUT2D eigenvalue weighted by Gasteiger charge is 2.04. The first-order valence-electron chi connectivity index (χ1n) is 3.98. The van der Waals surface area contributed by atoms with Crippen LogP contribution < -0.4 is 0 Å². The van der Waals surface area contributed by atoms with Crippen molar-refractivity contribution in [1.82, 2.24) is 0 Å². The fourth-order valence-electron chi connectivity index (χ4n) is 1.03. The van der Waals surface area contributed by atoms with E-state index in [0.717, 1.165) is 0 Å². The molecule has 1 rings (SSSR count). The minimum atomic E-state index is 1.23. The van der Waals surface area contributed by atoms with Gasteiger partial charge in [0.1, 0.15) is 0 Å². The van der Waals surface area contributed by atoms with Crippen molar-refractivity contribution in [2.45, 2.75) is 11.8 Å². The predicted molar refractivity (Wildman–Crippen MR) is 69.2 cm³/mol. The average Bonchev–Trinajstić information content (AvgIpc) is 2.15. The summed E-state index contributed by atoms with van der Waals surface area (Å²) in [4.78, 5) is 1.31. The Morgan fingerprint density at radius 1 is 1.46 bits per heavy atom. The lowest BCUT2D eigenvalue weighted by Crippen LogP contribution is -1.91. The highest BCUT2D eigenvalue weighted by Crippen LogP contribution is 2.24. The summed E-state index contributed by atoms with van der Waals surface area (Å²) in [5, 5.41) is 0. The molecule has 1 radical (unpaired) electrons. The molecule has 0 bridgehead atoms. The van der Waals surface area contributed by atoms with Gasteiger partial charge < -0.3 is 0 Å². The van der Waals surface area contributed by atoms with E-state index in [1.807, 2.05) is 6.08 Å². The zero-order valence-electron chi connectivity index (χ0n) is 7.80. The molecule has 1 aromatic rings. The van der Waals surface area contributed by atoms with E-state index in [0.29, 0.717) is 0 Å². The third-order valence-corrected chi connectivity index (χ3v) is 3.20. The molecule has 0 aromatic heterocycles. The van der Waals surface area contributed by atoms with Crippen LogP contribution in [0.4, 0.5) is 0 Å². The van der Waals surface area contributed by atoms with Crippen LogP contribution in [0.2, 0.25) is 0 Å². The predicted octanol–water partition coefficient (Wildman–Crippen LogP) is 4.14. The van der Waals surface area contributed by atoms with Gasteiger partial charge in [-0.25, -0.2) is 0 Å².